The van der Waals surface area contributed by atoms with Crippen molar-refractivity contribution in [2.45, 2.75) is 18.9 Å². The van der Waals surface area contributed by atoms with E-state index in [0.717, 1.165) is 4.88 Å². The molecule has 1 aromatic heterocycles. The van der Waals surface area contributed by atoms with Gasteiger partial charge in [0, 0.05) is 17.2 Å². The molecule has 80 valence electrons. The molecule has 2 heterocycles. The van der Waals surface area contributed by atoms with Gasteiger partial charge in [-0.05, 0) is 11.4 Å². The Labute approximate surface area is 90.9 Å². The van der Waals surface area contributed by atoms with Crippen molar-refractivity contribution in [1.82, 2.24) is 5.32 Å². The molecule has 0 unspecified atom stereocenters. The van der Waals surface area contributed by atoms with E-state index in [9.17, 15) is 9.59 Å². The van der Waals surface area contributed by atoms with Gasteiger partial charge in [0.05, 0.1) is 12.5 Å². The molecule has 2 atom stereocenters. The lowest BCUT2D eigenvalue weighted by atomic mass is 9.96. The maximum absolute atomic E-state index is 11.2. The molecule has 0 spiro atoms. The number of nitrogens with one attached hydrogen (secondary N) is 1. The van der Waals surface area contributed by atoms with Gasteiger partial charge in [-0.2, -0.15) is 0 Å². The summed E-state index contributed by atoms with van der Waals surface area (Å²) in [5, 5.41) is 13.5. The maximum Gasteiger partial charge on any atom is 0.303 e. The molecular formula is C10H11NO3S. The van der Waals surface area contributed by atoms with Gasteiger partial charge in [-0.15, -0.1) is 11.3 Å². The highest BCUT2D eigenvalue weighted by Gasteiger charge is 2.35. The zero-order valence-corrected chi connectivity index (χ0v) is 8.79. The Morgan fingerprint density at radius 2 is 2.47 bits per heavy atom. The molecule has 0 radical (unpaired) electrons. The number of hydrogen-bond donors (Lipinski definition) is 2. The molecule has 5 heteroatoms. The normalized spacial score (nSPS) is 25.2. The van der Waals surface area contributed by atoms with Gasteiger partial charge in [-0.3, -0.25) is 9.59 Å². The van der Waals surface area contributed by atoms with Crippen LogP contribution in [-0.2, 0) is 9.59 Å². The summed E-state index contributed by atoms with van der Waals surface area (Å²) >= 11 is 1.55. The van der Waals surface area contributed by atoms with Crippen LogP contribution in [0.25, 0.3) is 0 Å². The predicted molar refractivity (Wildman–Crippen MR) is 55.6 cm³/mol. The van der Waals surface area contributed by atoms with E-state index in [1.54, 1.807) is 11.3 Å². The lowest BCUT2D eigenvalue weighted by Gasteiger charge is -2.15. The molecule has 0 aliphatic carbocycles. The van der Waals surface area contributed by atoms with Crippen LogP contribution in [0.5, 0.6) is 0 Å². The largest absolute Gasteiger partial charge is 0.481 e. The van der Waals surface area contributed by atoms with E-state index >= 15 is 0 Å². The highest BCUT2D eigenvalue weighted by Crippen LogP contribution is 2.34. The Bertz CT molecular complexity index is 374. The van der Waals surface area contributed by atoms with Crippen molar-refractivity contribution in [2.24, 2.45) is 5.92 Å². The lowest BCUT2D eigenvalue weighted by molar-refractivity contribution is -0.138. The summed E-state index contributed by atoms with van der Waals surface area (Å²) < 4.78 is 0. The summed E-state index contributed by atoms with van der Waals surface area (Å²) in [5.41, 5.74) is 0. The van der Waals surface area contributed by atoms with Gasteiger partial charge in [0.2, 0.25) is 5.91 Å². The molecule has 1 aliphatic rings. The molecule has 2 N–H and O–H groups in total. The first-order chi connectivity index (χ1) is 7.16. The first-order valence-corrected chi connectivity index (χ1v) is 5.59. The fraction of sp³-hybridized carbons (Fsp3) is 0.400. The zero-order chi connectivity index (χ0) is 10.8. The molecule has 4 nitrogen and oxygen atoms in total. The van der Waals surface area contributed by atoms with Gasteiger partial charge in [-0.25, -0.2) is 0 Å². The minimum atomic E-state index is -0.849. The van der Waals surface area contributed by atoms with Crippen LogP contribution in [-0.4, -0.2) is 17.0 Å². The minimum Gasteiger partial charge on any atom is -0.481 e. The number of carbonyl (C=O) groups is 2. The van der Waals surface area contributed by atoms with E-state index in [2.05, 4.69) is 5.32 Å². The number of rotatable bonds is 3. The van der Waals surface area contributed by atoms with Gasteiger partial charge in [0.15, 0.2) is 0 Å². The third-order valence-corrected chi connectivity index (χ3v) is 3.48. The van der Waals surface area contributed by atoms with Gasteiger partial charge in [0.1, 0.15) is 0 Å². The van der Waals surface area contributed by atoms with Crippen LogP contribution in [0.4, 0.5) is 0 Å². The summed E-state index contributed by atoms with van der Waals surface area (Å²) in [6, 6.07) is 3.71. The van der Waals surface area contributed by atoms with Gasteiger partial charge in [0.25, 0.3) is 0 Å². The topological polar surface area (TPSA) is 66.4 Å². The molecule has 1 aliphatic heterocycles. The fourth-order valence-electron chi connectivity index (χ4n) is 1.89. The smallest absolute Gasteiger partial charge is 0.303 e. The average Bonchev–Trinajstić information content (AvgIpc) is 2.72. The van der Waals surface area contributed by atoms with E-state index in [0.29, 0.717) is 6.42 Å². The Balaban J connectivity index is 2.15. The molecule has 1 aromatic rings. The summed E-state index contributed by atoms with van der Waals surface area (Å²) in [7, 11) is 0. The molecule has 0 bridgehead atoms. The summed E-state index contributed by atoms with van der Waals surface area (Å²) in [6.45, 7) is 0. The summed E-state index contributed by atoms with van der Waals surface area (Å²) in [6.07, 6.45) is 0.357. The average molecular weight is 225 g/mol. The van der Waals surface area contributed by atoms with Gasteiger partial charge < -0.3 is 10.4 Å². The highest BCUT2D eigenvalue weighted by atomic mass is 32.1. The van der Waals surface area contributed by atoms with Crippen molar-refractivity contribution in [3.05, 3.63) is 22.4 Å². The summed E-state index contributed by atoms with van der Waals surface area (Å²) in [5.74, 6) is -1.02. The third-order valence-electron chi connectivity index (χ3n) is 2.52. The van der Waals surface area contributed by atoms with Crippen LogP contribution in [0.3, 0.4) is 0 Å². The molecular weight excluding hydrogens is 214 g/mol. The maximum atomic E-state index is 11.2. The van der Waals surface area contributed by atoms with E-state index in [1.165, 1.54) is 0 Å². The van der Waals surface area contributed by atoms with Gasteiger partial charge in [-0.1, -0.05) is 6.07 Å². The number of carboxylic acids is 1. The summed E-state index contributed by atoms with van der Waals surface area (Å²) in [4.78, 5) is 22.9. The van der Waals surface area contributed by atoms with Crippen molar-refractivity contribution < 1.29 is 14.7 Å². The molecule has 0 aromatic carbocycles. The quantitative estimate of drug-likeness (QED) is 0.817. The molecule has 1 amide bonds. The fourth-order valence-corrected chi connectivity index (χ4v) is 2.76. The minimum absolute atomic E-state index is 0.0430. The molecule has 1 fully saturated rings. The number of carbonyl (C=O) groups excluding carboxylic acids is 1. The Kier molecular flexibility index (Phi) is 2.73. The monoisotopic (exact) mass is 225 g/mol. The Hall–Kier alpha value is -1.36. The van der Waals surface area contributed by atoms with Crippen molar-refractivity contribution in [1.29, 1.82) is 0 Å². The second-order valence-corrected chi connectivity index (χ2v) is 4.60. The number of carboxylic acid groups (broad SMARTS) is 1. The standard InChI is InChI=1S/C10H11NO3S/c12-8-4-6(5-9(13)14)10(11-8)7-2-1-3-15-7/h1-3,6,10H,4-5H2,(H,11,12)(H,13,14)/t6-,10+/m1/s1. The third kappa shape index (κ3) is 2.18. The van der Waals surface area contributed by atoms with Crippen LogP contribution < -0.4 is 5.32 Å². The van der Waals surface area contributed by atoms with E-state index in [4.69, 9.17) is 5.11 Å². The number of amides is 1. The van der Waals surface area contributed by atoms with Crippen molar-refractivity contribution in [3.63, 3.8) is 0 Å². The van der Waals surface area contributed by atoms with Crippen molar-refractivity contribution in [2.75, 3.05) is 0 Å². The Morgan fingerprint density at radius 3 is 3.07 bits per heavy atom. The van der Waals surface area contributed by atoms with Gasteiger partial charge >= 0.3 is 5.97 Å². The number of aliphatic carboxylic acids is 1. The van der Waals surface area contributed by atoms with E-state index < -0.39 is 5.97 Å². The Morgan fingerprint density at radius 1 is 1.67 bits per heavy atom. The van der Waals surface area contributed by atoms with Crippen LogP contribution in [0.15, 0.2) is 17.5 Å². The molecule has 0 saturated carbocycles. The first kappa shape index (κ1) is 10.2. The SMILES string of the molecule is O=C(O)C[C@H]1CC(=O)N[C@@H]1c1cccs1. The van der Waals surface area contributed by atoms with Crippen molar-refractivity contribution in [3.8, 4) is 0 Å². The van der Waals surface area contributed by atoms with Crippen LogP contribution >= 0.6 is 11.3 Å². The van der Waals surface area contributed by atoms with E-state index in [1.807, 2.05) is 17.5 Å². The molecule has 15 heavy (non-hydrogen) atoms. The highest BCUT2D eigenvalue weighted by molar-refractivity contribution is 7.10. The van der Waals surface area contributed by atoms with Crippen LogP contribution in [0, 0.1) is 5.92 Å². The second-order valence-electron chi connectivity index (χ2n) is 3.62. The van der Waals surface area contributed by atoms with E-state index in [-0.39, 0.29) is 24.3 Å². The molecule has 1 saturated heterocycles. The molecule has 2 rings (SSSR count). The number of thiophene rings is 1. The lowest BCUT2D eigenvalue weighted by Crippen LogP contribution is -2.20. The number of hydrogen-bond acceptors (Lipinski definition) is 3. The first-order valence-electron chi connectivity index (χ1n) is 4.71. The van der Waals surface area contributed by atoms with Crippen LogP contribution in [0.2, 0.25) is 0 Å². The van der Waals surface area contributed by atoms with Crippen molar-refractivity contribution >= 4 is 23.2 Å². The second kappa shape index (κ2) is 4.02. The predicted octanol–water partition coefficient (Wildman–Crippen LogP) is 1.40. The van der Waals surface area contributed by atoms with Crippen LogP contribution in [0.1, 0.15) is 23.8 Å². The zero-order valence-electron chi connectivity index (χ0n) is 7.97.